The Bertz CT molecular complexity index is 448. The predicted molar refractivity (Wildman–Crippen MR) is 84.8 cm³/mol. The largest absolute Gasteiger partial charge is 0.598 e. The Morgan fingerprint density at radius 3 is 2.75 bits per heavy atom. The van der Waals surface area contributed by atoms with Crippen LogP contribution in [0.5, 0.6) is 0 Å². The van der Waals surface area contributed by atoms with E-state index in [1.807, 2.05) is 20.8 Å². The van der Waals surface area contributed by atoms with Crippen LogP contribution in [0, 0.1) is 0 Å². The number of hydrogen-bond donors (Lipinski definition) is 1. The molecule has 1 unspecified atom stereocenters. The molecule has 0 aliphatic carbocycles. The Morgan fingerprint density at radius 2 is 2.30 bits per heavy atom. The summed E-state index contributed by atoms with van der Waals surface area (Å²) < 4.78 is 20.6. The maximum absolute atomic E-state index is 12.2. The number of aromatic nitrogens is 1. The third-order valence-corrected chi connectivity index (χ3v) is 5.57. The van der Waals surface area contributed by atoms with Gasteiger partial charge in [0.15, 0.2) is 0 Å². The lowest BCUT2D eigenvalue weighted by atomic mass is 10.2. The Morgan fingerprint density at radius 1 is 1.65 bits per heavy atom. The van der Waals surface area contributed by atoms with Gasteiger partial charge < -0.3 is 9.29 Å². The first kappa shape index (κ1) is 17.9. The van der Waals surface area contributed by atoms with Gasteiger partial charge in [-0.15, -0.1) is 16.1 Å². The van der Waals surface area contributed by atoms with Gasteiger partial charge in [-0.25, -0.2) is 4.98 Å². The normalized spacial score (nSPS) is 14.9. The van der Waals surface area contributed by atoms with Gasteiger partial charge in [0, 0.05) is 11.4 Å². The summed E-state index contributed by atoms with van der Waals surface area (Å²) in [4.78, 5) is 15.9. The van der Waals surface area contributed by atoms with E-state index in [1.54, 1.807) is 12.4 Å². The van der Waals surface area contributed by atoms with Crippen molar-refractivity contribution in [2.24, 2.45) is 0 Å². The highest BCUT2D eigenvalue weighted by Gasteiger charge is 2.32. The summed E-state index contributed by atoms with van der Waals surface area (Å²) in [5.41, 5.74) is 2.36. The van der Waals surface area contributed by atoms with Crippen LogP contribution in [0.2, 0.25) is 0 Å². The van der Waals surface area contributed by atoms with Crippen LogP contribution in [0.1, 0.15) is 45.9 Å². The van der Waals surface area contributed by atoms with Gasteiger partial charge in [0.1, 0.15) is 10.8 Å². The first-order valence-corrected chi connectivity index (χ1v) is 9.00. The van der Waals surface area contributed by atoms with Crippen molar-refractivity contribution in [2.75, 3.05) is 6.61 Å². The summed E-state index contributed by atoms with van der Waals surface area (Å²) in [5, 5.41) is 0. The quantitative estimate of drug-likeness (QED) is 0.604. The zero-order valence-electron chi connectivity index (χ0n) is 11.9. The summed E-state index contributed by atoms with van der Waals surface area (Å²) in [6, 6.07) is -0.435. The second-order valence-corrected chi connectivity index (χ2v) is 9.24. The number of nitrogens with zero attached hydrogens (tertiary/aromatic N) is 1. The molecule has 0 saturated heterocycles. The first-order valence-electron chi connectivity index (χ1n) is 6.18. The summed E-state index contributed by atoms with van der Waals surface area (Å²) >= 11 is 3.53. The van der Waals surface area contributed by atoms with E-state index in [9.17, 15) is 9.35 Å². The molecule has 1 aromatic heterocycles. The highest BCUT2D eigenvalue weighted by Crippen LogP contribution is 2.30. The van der Waals surface area contributed by atoms with Crippen molar-refractivity contribution in [3.8, 4) is 0 Å². The van der Waals surface area contributed by atoms with Crippen molar-refractivity contribution in [2.45, 2.75) is 44.9 Å². The molecule has 20 heavy (non-hydrogen) atoms. The molecule has 2 atom stereocenters. The highest BCUT2D eigenvalue weighted by molar-refractivity contribution is 9.11. The van der Waals surface area contributed by atoms with E-state index in [4.69, 9.17) is 4.74 Å². The van der Waals surface area contributed by atoms with Crippen LogP contribution < -0.4 is 4.72 Å². The molecule has 1 heterocycles. The number of hydrogen-bond acceptors (Lipinski definition) is 6. The predicted octanol–water partition coefficient (Wildman–Crippen LogP) is 2.95. The number of esters is 1. The van der Waals surface area contributed by atoms with Crippen molar-refractivity contribution >= 4 is 44.6 Å². The maximum atomic E-state index is 12.2. The van der Waals surface area contributed by atoms with Gasteiger partial charge >= 0.3 is 5.97 Å². The van der Waals surface area contributed by atoms with Crippen LogP contribution in [-0.2, 0) is 20.9 Å². The zero-order valence-corrected chi connectivity index (χ0v) is 15.2. The van der Waals surface area contributed by atoms with Crippen molar-refractivity contribution in [1.29, 1.82) is 0 Å². The molecule has 0 spiro atoms. The van der Waals surface area contributed by atoms with Crippen LogP contribution in [-0.4, -0.2) is 26.9 Å². The Hall–Kier alpha value is -0.150. The average molecular weight is 383 g/mol. The van der Waals surface area contributed by atoms with Gasteiger partial charge in [-0.2, -0.15) is 0 Å². The fraction of sp³-hybridized carbons (Fsp3) is 0.667. The van der Waals surface area contributed by atoms with Crippen molar-refractivity contribution in [3.05, 3.63) is 15.0 Å². The molecule has 0 fully saturated rings. The molecule has 0 radical (unpaired) electrons. The fourth-order valence-electron chi connectivity index (χ4n) is 1.35. The summed E-state index contributed by atoms with van der Waals surface area (Å²) in [6.07, 6.45) is 0.0952. The molecule has 0 amide bonds. The number of carbonyl (C=O) groups excluding carboxylic acids is 1. The fourth-order valence-corrected chi connectivity index (χ4v) is 3.37. The lowest BCUT2D eigenvalue weighted by Gasteiger charge is -2.27. The van der Waals surface area contributed by atoms with E-state index in [0.717, 1.165) is 3.79 Å². The molecule has 0 aliphatic heterocycles. The number of rotatable bonds is 6. The van der Waals surface area contributed by atoms with Gasteiger partial charge in [0.05, 0.1) is 28.0 Å². The van der Waals surface area contributed by atoms with Gasteiger partial charge in [0.25, 0.3) is 0 Å². The van der Waals surface area contributed by atoms with Crippen LogP contribution in [0.3, 0.4) is 0 Å². The van der Waals surface area contributed by atoms with E-state index in [1.165, 1.54) is 11.3 Å². The van der Waals surface area contributed by atoms with Crippen LogP contribution in [0.4, 0.5) is 0 Å². The highest BCUT2D eigenvalue weighted by atomic mass is 79.9. The average Bonchev–Trinajstić information content (AvgIpc) is 2.73. The van der Waals surface area contributed by atoms with Gasteiger partial charge in [-0.3, -0.25) is 4.79 Å². The molecular formula is C12H19BrN2O3S2. The second kappa shape index (κ2) is 7.74. The molecule has 0 aromatic carbocycles. The Balaban J connectivity index is 2.85. The van der Waals surface area contributed by atoms with E-state index < -0.39 is 22.2 Å². The van der Waals surface area contributed by atoms with Crippen LogP contribution in [0.25, 0.3) is 0 Å². The van der Waals surface area contributed by atoms with Crippen molar-refractivity contribution in [3.63, 3.8) is 0 Å². The van der Waals surface area contributed by atoms with Gasteiger partial charge in [-0.05, 0) is 43.6 Å². The van der Waals surface area contributed by atoms with Crippen LogP contribution in [0.15, 0.2) is 9.30 Å². The van der Waals surface area contributed by atoms with Gasteiger partial charge in [-0.1, -0.05) is 0 Å². The first-order chi connectivity index (χ1) is 9.25. The standard InChI is InChI=1S/C12H19BrN2O3S2/c1-5-18-9(16)6-8(10-11(13)19-7-14-10)15-20(17)12(2,3)4/h7-8,15H,5-6H2,1-4H3/t8-,20?/m1/s1. The molecule has 8 heteroatoms. The SMILES string of the molecule is CCOC(=O)C[C@@H](N[S+]([O-])C(C)(C)C)c1ncsc1Br. The lowest BCUT2D eigenvalue weighted by molar-refractivity contribution is -0.143. The molecule has 1 N–H and O–H groups in total. The van der Waals surface area contributed by atoms with Crippen molar-refractivity contribution < 1.29 is 14.1 Å². The number of carbonyl (C=O) groups is 1. The molecule has 0 bridgehead atoms. The molecule has 0 saturated carbocycles. The minimum atomic E-state index is -1.29. The third-order valence-electron chi connectivity index (χ3n) is 2.36. The topological polar surface area (TPSA) is 74.3 Å². The second-order valence-electron chi connectivity index (χ2n) is 5.07. The molecule has 114 valence electrons. The zero-order chi connectivity index (χ0) is 15.3. The van der Waals surface area contributed by atoms with Crippen LogP contribution >= 0.6 is 27.3 Å². The smallest absolute Gasteiger partial charge is 0.307 e. The molecule has 1 aromatic rings. The number of nitrogens with one attached hydrogen (secondary N) is 1. The molecule has 1 rings (SSSR count). The summed E-state index contributed by atoms with van der Waals surface area (Å²) in [5.74, 6) is -0.337. The minimum absolute atomic E-state index is 0.0952. The summed E-state index contributed by atoms with van der Waals surface area (Å²) in [7, 11) is 0. The maximum Gasteiger partial charge on any atom is 0.307 e. The van der Waals surface area contributed by atoms with E-state index >= 15 is 0 Å². The molecule has 5 nitrogen and oxygen atoms in total. The lowest BCUT2D eigenvalue weighted by Crippen LogP contribution is -2.42. The van der Waals surface area contributed by atoms with E-state index in [-0.39, 0.29) is 12.4 Å². The number of thiazole rings is 1. The Kier molecular flexibility index (Phi) is 6.93. The van der Waals surface area contributed by atoms with Crippen molar-refractivity contribution in [1.82, 2.24) is 9.71 Å². The van der Waals surface area contributed by atoms with Gasteiger partial charge in [0.2, 0.25) is 0 Å². The monoisotopic (exact) mass is 382 g/mol. The van der Waals surface area contributed by atoms with E-state index in [2.05, 4.69) is 25.6 Å². The minimum Gasteiger partial charge on any atom is -0.598 e. The number of ether oxygens (including phenoxy) is 1. The Labute approximate surface area is 134 Å². The molecule has 0 aliphatic rings. The number of halogens is 1. The van der Waals surface area contributed by atoms with E-state index in [0.29, 0.717) is 12.3 Å². The molecular weight excluding hydrogens is 364 g/mol. The summed E-state index contributed by atoms with van der Waals surface area (Å²) in [6.45, 7) is 7.69. The third kappa shape index (κ3) is 5.33.